The fourth-order valence-corrected chi connectivity index (χ4v) is 4.94. The maximum Gasteiger partial charge on any atom is 0.251 e. The van der Waals surface area contributed by atoms with Gasteiger partial charge in [0.1, 0.15) is 11.6 Å². The molecule has 5 heteroatoms. The number of carbonyl (C=O) groups is 1. The summed E-state index contributed by atoms with van der Waals surface area (Å²) in [5, 5.41) is 0. The molecule has 5 rings (SSSR count). The van der Waals surface area contributed by atoms with Crippen molar-refractivity contribution >= 4 is 5.91 Å². The Morgan fingerprint density at radius 3 is 2.06 bits per heavy atom. The van der Waals surface area contributed by atoms with Crippen molar-refractivity contribution in [3.63, 3.8) is 0 Å². The highest BCUT2D eigenvalue weighted by molar-refractivity contribution is 5.93. The number of hydrogen-bond donors (Lipinski definition) is 1. The van der Waals surface area contributed by atoms with Gasteiger partial charge in [-0.1, -0.05) is 81.4 Å². The van der Waals surface area contributed by atoms with Crippen LogP contribution >= 0.6 is 0 Å². The molecule has 3 aromatic carbocycles. The lowest BCUT2D eigenvalue weighted by Gasteiger charge is -2.51. The minimum absolute atomic E-state index is 0.0402. The molecule has 1 aliphatic carbocycles. The van der Waals surface area contributed by atoms with E-state index in [0.717, 1.165) is 31.5 Å². The van der Waals surface area contributed by atoms with Gasteiger partial charge in [0.05, 0.1) is 18.2 Å². The minimum Gasteiger partial charge on any atom is -0.493 e. The van der Waals surface area contributed by atoms with E-state index in [1.807, 2.05) is 26.0 Å². The molecule has 0 aromatic heterocycles. The average molecular weight is 475 g/mol. The Kier molecular flexibility index (Phi) is 7.56. The fourth-order valence-electron chi connectivity index (χ4n) is 4.94. The maximum atomic E-state index is 14.4. The molecule has 35 heavy (non-hydrogen) atoms. The van der Waals surface area contributed by atoms with Crippen molar-refractivity contribution in [2.45, 2.75) is 45.6 Å². The molecule has 1 saturated heterocycles. The Labute approximate surface area is 207 Å². The Morgan fingerprint density at radius 2 is 1.57 bits per heavy atom. The quantitative estimate of drug-likeness (QED) is 0.416. The van der Waals surface area contributed by atoms with Gasteiger partial charge >= 0.3 is 0 Å². The molecule has 2 N–H and O–H groups in total. The largest absolute Gasteiger partial charge is 0.493 e. The number of hydrogen-bond acceptors (Lipinski definition) is 3. The normalized spacial score (nSPS) is 16.7. The van der Waals surface area contributed by atoms with Gasteiger partial charge in [0.15, 0.2) is 0 Å². The third-order valence-corrected chi connectivity index (χ3v) is 6.72. The van der Waals surface area contributed by atoms with E-state index in [1.54, 1.807) is 6.07 Å². The summed E-state index contributed by atoms with van der Waals surface area (Å²) in [6.45, 7) is 8.46. The molecule has 3 aromatic rings. The molecule has 0 atom stereocenters. The van der Waals surface area contributed by atoms with E-state index >= 15 is 0 Å². The number of carbonyl (C=O) groups excluding carboxylic acids is 1. The lowest BCUT2D eigenvalue weighted by atomic mass is 9.79. The standard InChI is InChI=1S/C28H29FN2O2.C2H6/c1-28(18-33-25-15-24(29)23(27(30)32)14-22(25)19-12-13-19)16-31(17-28)26(20-8-4-2-5-9-20)21-10-6-3-7-11-21;1-2/h2-11,14-15,19,26H,12-13,16-18H2,1H3,(H2,30,32);1-2H3. The van der Waals surface area contributed by atoms with Crippen LogP contribution in [0, 0.1) is 11.2 Å². The zero-order valence-electron chi connectivity index (χ0n) is 20.8. The van der Waals surface area contributed by atoms with Gasteiger partial charge in [0.2, 0.25) is 0 Å². The van der Waals surface area contributed by atoms with Gasteiger partial charge in [0, 0.05) is 24.6 Å². The summed E-state index contributed by atoms with van der Waals surface area (Å²) in [5.41, 5.74) is 8.69. The number of benzene rings is 3. The zero-order chi connectivity index (χ0) is 25.0. The summed E-state index contributed by atoms with van der Waals surface area (Å²) >= 11 is 0. The first-order chi connectivity index (χ1) is 16.9. The highest BCUT2D eigenvalue weighted by Crippen LogP contribution is 2.46. The first kappa shape index (κ1) is 24.9. The number of rotatable bonds is 8. The summed E-state index contributed by atoms with van der Waals surface area (Å²) < 4.78 is 20.6. The van der Waals surface area contributed by atoms with Crippen LogP contribution in [0.4, 0.5) is 4.39 Å². The zero-order valence-corrected chi connectivity index (χ0v) is 20.8. The topological polar surface area (TPSA) is 55.6 Å². The molecule has 2 aliphatic rings. The van der Waals surface area contributed by atoms with E-state index in [4.69, 9.17) is 10.5 Å². The number of likely N-dealkylation sites (tertiary alicyclic amines) is 1. The van der Waals surface area contributed by atoms with Crippen LogP contribution in [0.25, 0.3) is 0 Å². The third kappa shape index (κ3) is 5.57. The van der Waals surface area contributed by atoms with Crippen molar-refractivity contribution in [2.75, 3.05) is 19.7 Å². The first-order valence-corrected chi connectivity index (χ1v) is 12.5. The summed E-state index contributed by atoms with van der Waals surface area (Å²) in [6, 6.07) is 24.2. The molecule has 184 valence electrons. The lowest BCUT2D eigenvalue weighted by molar-refractivity contribution is -0.0379. The fraction of sp³-hybridized carbons (Fsp3) is 0.367. The van der Waals surface area contributed by atoms with E-state index in [9.17, 15) is 9.18 Å². The predicted octanol–water partition coefficient (Wildman–Crippen LogP) is 6.32. The second-order valence-electron chi connectivity index (χ2n) is 9.74. The van der Waals surface area contributed by atoms with Crippen molar-refractivity contribution in [1.82, 2.24) is 4.90 Å². The van der Waals surface area contributed by atoms with Crippen LogP contribution in [-0.4, -0.2) is 30.5 Å². The molecule has 2 fully saturated rings. The number of ether oxygens (including phenoxy) is 1. The molecule has 1 heterocycles. The smallest absolute Gasteiger partial charge is 0.251 e. The Morgan fingerprint density at radius 1 is 1.03 bits per heavy atom. The number of primary amides is 1. The number of halogens is 1. The first-order valence-electron chi connectivity index (χ1n) is 12.5. The molecule has 1 saturated carbocycles. The van der Waals surface area contributed by atoms with Gasteiger partial charge in [-0.3, -0.25) is 9.69 Å². The highest BCUT2D eigenvalue weighted by atomic mass is 19.1. The minimum atomic E-state index is -0.740. The molecule has 0 radical (unpaired) electrons. The van der Waals surface area contributed by atoms with Crippen LogP contribution < -0.4 is 10.5 Å². The third-order valence-electron chi connectivity index (χ3n) is 6.72. The van der Waals surface area contributed by atoms with E-state index in [0.29, 0.717) is 18.3 Å². The lowest BCUT2D eigenvalue weighted by Crippen LogP contribution is -2.58. The number of amides is 1. The van der Waals surface area contributed by atoms with Crippen LogP contribution in [0.5, 0.6) is 5.75 Å². The summed E-state index contributed by atoms with van der Waals surface area (Å²) in [4.78, 5) is 14.0. The summed E-state index contributed by atoms with van der Waals surface area (Å²) in [5.74, 6) is -0.488. The van der Waals surface area contributed by atoms with Crippen molar-refractivity contribution in [3.8, 4) is 5.75 Å². The van der Waals surface area contributed by atoms with E-state index in [-0.39, 0.29) is 17.0 Å². The van der Waals surface area contributed by atoms with Gasteiger partial charge in [-0.25, -0.2) is 4.39 Å². The van der Waals surface area contributed by atoms with Crippen LogP contribution in [0.3, 0.4) is 0 Å². The highest BCUT2D eigenvalue weighted by Gasteiger charge is 2.43. The van der Waals surface area contributed by atoms with E-state index in [2.05, 4.69) is 60.4 Å². The Hall–Kier alpha value is -3.18. The molecule has 1 aliphatic heterocycles. The van der Waals surface area contributed by atoms with Gasteiger partial charge in [-0.15, -0.1) is 0 Å². The molecule has 4 nitrogen and oxygen atoms in total. The van der Waals surface area contributed by atoms with Crippen LogP contribution in [0.15, 0.2) is 72.8 Å². The van der Waals surface area contributed by atoms with Gasteiger partial charge < -0.3 is 10.5 Å². The van der Waals surface area contributed by atoms with Crippen molar-refractivity contribution in [3.05, 3.63) is 101 Å². The Bertz CT molecular complexity index is 1100. The van der Waals surface area contributed by atoms with Gasteiger partial charge in [-0.2, -0.15) is 0 Å². The molecule has 0 bridgehead atoms. The average Bonchev–Trinajstić information content (AvgIpc) is 3.70. The molecule has 0 spiro atoms. The van der Waals surface area contributed by atoms with Gasteiger partial charge in [0.25, 0.3) is 5.91 Å². The van der Waals surface area contributed by atoms with Crippen molar-refractivity contribution in [2.24, 2.45) is 11.1 Å². The van der Waals surface area contributed by atoms with Crippen molar-refractivity contribution < 1.29 is 13.9 Å². The summed E-state index contributed by atoms with van der Waals surface area (Å²) in [6.07, 6.45) is 2.06. The number of nitrogens with zero attached hydrogens (tertiary/aromatic N) is 1. The molecular formula is C30H35FN2O2. The molecule has 0 unspecified atom stereocenters. The Balaban J connectivity index is 0.00000141. The van der Waals surface area contributed by atoms with E-state index < -0.39 is 11.7 Å². The van der Waals surface area contributed by atoms with E-state index in [1.165, 1.54) is 17.2 Å². The van der Waals surface area contributed by atoms with Gasteiger partial charge in [-0.05, 0) is 41.5 Å². The second-order valence-corrected chi connectivity index (χ2v) is 9.74. The second kappa shape index (κ2) is 10.6. The summed E-state index contributed by atoms with van der Waals surface area (Å²) in [7, 11) is 0. The number of nitrogens with two attached hydrogens (primary N) is 1. The van der Waals surface area contributed by atoms with Crippen LogP contribution in [-0.2, 0) is 0 Å². The van der Waals surface area contributed by atoms with Crippen LogP contribution in [0.2, 0.25) is 0 Å². The monoisotopic (exact) mass is 474 g/mol. The maximum absolute atomic E-state index is 14.4. The molecule has 1 amide bonds. The SMILES string of the molecule is CC.CC1(COc2cc(F)c(C(N)=O)cc2C2CC2)CN(C(c2ccccc2)c2ccccc2)C1. The predicted molar refractivity (Wildman–Crippen MR) is 138 cm³/mol. The molecular weight excluding hydrogens is 439 g/mol. The van der Waals surface area contributed by atoms with Crippen molar-refractivity contribution in [1.29, 1.82) is 0 Å². The van der Waals surface area contributed by atoms with Crippen LogP contribution in [0.1, 0.15) is 72.6 Å².